The number of hydrogen-bond acceptors (Lipinski definition) is 15. The third kappa shape index (κ3) is 7.04. The highest BCUT2D eigenvalue weighted by molar-refractivity contribution is 5.75. The standard InChI is InChI=1S/C23H46N6O10/c1-3-4-12(30)29(2)7-11-15(31)13(27)18(34)23(37-11)39-21-9(26)5-8(25)20(19(21)35)38-22-14(28)17(33)16(32)10(6-24)36-22/h8-11,13-23,31-35H,3-7,24-28H2,1-2H3. The average molecular weight is 567 g/mol. The predicted octanol–water partition coefficient (Wildman–Crippen LogP) is -6.06. The lowest BCUT2D eigenvalue weighted by Crippen LogP contribution is -2.69. The number of hydrogen-bond donors (Lipinski definition) is 10. The number of aliphatic hydroxyl groups is 5. The first-order valence-electron chi connectivity index (χ1n) is 13.3. The number of amides is 1. The summed E-state index contributed by atoms with van der Waals surface area (Å²) >= 11 is 0. The van der Waals surface area contributed by atoms with Crippen LogP contribution in [0, 0.1) is 0 Å². The fourth-order valence-corrected chi connectivity index (χ4v) is 5.22. The number of carbonyl (C=O) groups excluding carboxylic acids is 1. The molecule has 15 atom stereocenters. The van der Waals surface area contributed by atoms with Gasteiger partial charge < -0.3 is 78.0 Å². The molecule has 2 aliphatic heterocycles. The average Bonchev–Trinajstić information content (AvgIpc) is 2.89. The van der Waals surface area contributed by atoms with Crippen LogP contribution in [0.1, 0.15) is 26.2 Å². The molecule has 0 aromatic rings. The lowest BCUT2D eigenvalue weighted by Gasteiger charge is -2.48. The van der Waals surface area contributed by atoms with Crippen LogP contribution in [-0.4, -0.2) is 148 Å². The summed E-state index contributed by atoms with van der Waals surface area (Å²) in [5, 5.41) is 52.8. The van der Waals surface area contributed by atoms with E-state index in [1.165, 1.54) is 4.90 Å². The van der Waals surface area contributed by atoms with E-state index in [0.717, 1.165) is 0 Å². The zero-order valence-electron chi connectivity index (χ0n) is 22.3. The van der Waals surface area contributed by atoms with Crippen LogP contribution in [0.4, 0.5) is 0 Å². The molecule has 0 aromatic carbocycles. The summed E-state index contributed by atoms with van der Waals surface area (Å²) in [5.74, 6) is -0.151. The minimum Gasteiger partial charge on any atom is -0.389 e. The van der Waals surface area contributed by atoms with Gasteiger partial charge in [-0.1, -0.05) is 6.92 Å². The van der Waals surface area contributed by atoms with Gasteiger partial charge in [0.15, 0.2) is 12.6 Å². The highest BCUT2D eigenvalue weighted by Crippen LogP contribution is 2.31. The third-order valence-corrected chi connectivity index (χ3v) is 7.73. The third-order valence-electron chi connectivity index (χ3n) is 7.73. The minimum atomic E-state index is -1.49. The first-order valence-corrected chi connectivity index (χ1v) is 13.3. The molecule has 1 aliphatic carbocycles. The number of nitrogens with two attached hydrogens (primary N) is 5. The van der Waals surface area contributed by atoms with E-state index in [9.17, 15) is 30.3 Å². The second kappa shape index (κ2) is 13.7. The summed E-state index contributed by atoms with van der Waals surface area (Å²) < 4.78 is 23.2. The largest absolute Gasteiger partial charge is 0.389 e. The Labute approximate surface area is 227 Å². The number of aliphatic hydroxyl groups excluding tert-OH is 5. The fraction of sp³-hybridized carbons (Fsp3) is 0.957. The van der Waals surface area contributed by atoms with Crippen molar-refractivity contribution in [2.75, 3.05) is 20.1 Å². The van der Waals surface area contributed by atoms with Crippen LogP contribution < -0.4 is 28.7 Å². The Morgan fingerprint density at radius 2 is 1.38 bits per heavy atom. The van der Waals surface area contributed by atoms with Crippen LogP contribution in [0.5, 0.6) is 0 Å². The van der Waals surface area contributed by atoms with Gasteiger partial charge in [0.25, 0.3) is 0 Å². The molecule has 228 valence electrons. The maximum atomic E-state index is 12.2. The van der Waals surface area contributed by atoms with E-state index in [4.69, 9.17) is 47.6 Å². The molecule has 0 bridgehead atoms. The molecule has 1 saturated carbocycles. The van der Waals surface area contributed by atoms with Crippen molar-refractivity contribution in [2.24, 2.45) is 28.7 Å². The van der Waals surface area contributed by atoms with Crippen LogP contribution in [0.2, 0.25) is 0 Å². The topological polar surface area (TPSA) is 288 Å². The van der Waals surface area contributed by atoms with Crippen LogP contribution >= 0.6 is 0 Å². The van der Waals surface area contributed by atoms with E-state index in [1.807, 2.05) is 6.92 Å². The molecule has 16 heteroatoms. The van der Waals surface area contributed by atoms with Crippen LogP contribution in [0.25, 0.3) is 0 Å². The Morgan fingerprint density at radius 1 is 0.821 bits per heavy atom. The molecule has 16 nitrogen and oxygen atoms in total. The van der Waals surface area contributed by atoms with E-state index < -0.39 is 91.7 Å². The Hall–Kier alpha value is -1.09. The van der Waals surface area contributed by atoms with Crippen molar-refractivity contribution in [1.29, 1.82) is 0 Å². The van der Waals surface area contributed by atoms with Crippen molar-refractivity contribution in [3.05, 3.63) is 0 Å². The van der Waals surface area contributed by atoms with Gasteiger partial charge in [-0.2, -0.15) is 0 Å². The van der Waals surface area contributed by atoms with Crippen molar-refractivity contribution in [1.82, 2.24) is 4.90 Å². The van der Waals surface area contributed by atoms with E-state index in [2.05, 4.69) is 0 Å². The molecule has 3 aliphatic rings. The maximum absolute atomic E-state index is 12.2. The monoisotopic (exact) mass is 566 g/mol. The SMILES string of the molecule is CCCC(=O)N(C)CC1OC(OC2C(N)CC(N)C(OC3OC(CN)C(O)C(O)C3N)C2O)C(O)C(N)C1O. The second-order valence-electron chi connectivity index (χ2n) is 10.7. The number of rotatable bonds is 9. The number of nitrogens with zero attached hydrogens (tertiary/aromatic N) is 1. The van der Waals surface area contributed by atoms with E-state index >= 15 is 0 Å². The van der Waals surface area contributed by atoms with Crippen molar-refractivity contribution >= 4 is 5.91 Å². The molecule has 15 unspecified atom stereocenters. The minimum absolute atomic E-state index is 0.0104. The second-order valence-corrected chi connectivity index (χ2v) is 10.7. The van der Waals surface area contributed by atoms with Gasteiger partial charge in [0, 0.05) is 38.6 Å². The van der Waals surface area contributed by atoms with Gasteiger partial charge in [-0.25, -0.2) is 0 Å². The summed E-state index contributed by atoms with van der Waals surface area (Å²) in [4.78, 5) is 13.6. The molecule has 1 amide bonds. The van der Waals surface area contributed by atoms with Gasteiger partial charge in [-0.15, -0.1) is 0 Å². The molecule has 0 aromatic heterocycles. The van der Waals surface area contributed by atoms with Crippen molar-refractivity contribution in [3.63, 3.8) is 0 Å². The Bertz CT molecular complexity index is 800. The number of likely N-dealkylation sites (N-methyl/N-ethyl adjacent to an activating group) is 1. The molecule has 0 spiro atoms. The highest BCUT2D eigenvalue weighted by Gasteiger charge is 2.51. The summed E-state index contributed by atoms with van der Waals surface area (Å²) in [5.41, 5.74) is 30.1. The van der Waals surface area contributed by atoms with Crippen LogP contribution in [0.15, 0.2) is 0 Å². The maximum Gasteiger partial charge on any atom is 0.222 e. The van der Waals surface area contributed by atoms with Gasteiger partial charge in [-0.05, 0) is 12.8 Å². The van der Waals surface area contributed by atoms with Gasteiger partial charge in [-0.3, -0.25) is 4.79 Å². The van der Waals surface area contributed by atoms with Crippen molar-refractivity contribution < 1.29 is 49.3 Å². The fourth-order valence-electron chi connectivity index (χ4n) is 5.22. The first kappa shape index (κ1) is 32.4. The van der Waals surface area contributed by atoms with Gasteiger partial charge in [0.2, 0.25) is 5.91 Å². The smallest absolute Gasteiger partial charge is 0.222 e. The van der Waals surface area contributed by atoms with E-state index in [-0.39, 0.29) is 25.4 Å². The summed E-state index contributed by atoms with van der Waals surface area (Å²) in [6.07, 6.45) is -12.8. The molecule has 3 rings (SSSR count). The summed E-state index contributed by atoms with van der Waals surface area (Å²) in [6.45, 7) is 1.74. The lowest BCUT2D eigenvalue weighted by atomic mass is 9.84. The van der Waals surface area contributed by atoms with E-state index in [1.54, 1.807) is 7.05 Å². The zero-order valence-corrected chi connectivity index (χ0v) is 22.3. The number of carbonyl (C=O) groups is 1. The zero-order chi connectivity index (χ0) is 29.2. The molecule has 2 heterocycles. The quantitative estimate of drug-likeness (QED) is 0.124. The van der Waals surface area contributed by atoms with Gasteiger partial charge in [0.1, 0.15) is 48.8 Å². The molecule has 2 saturated heterocycles. The Balaban J connectivity index is 1.72. The molecule has 39 heavy (non-hydrogen) atoms. The Morgan fingerprint density at radius 3 is 1.95 bits per heavy atom. The predicted molar refractivity (Wildman–Crippen MR) is 135 cm³/mol. The first-order chi connectivity index (χ1) is 18.3. The van der Waals surface area contributed by atoms with Crippen LogP contribution in [0.3, 0.4) is 0 Å². The Kier molecular flexibility index (Phi) is 11.4. The molecular weight excluding hydrogens is 520 g/mol. The van der Waals surface area contributed by atoms with Crippen molar-refractivity contribution in [3.8, 4) is 0 Å². The normalized spacial score (nSPS) is 47.1. The van der Waals surface area contributed by atoms with Crippen LogP contribution in [-0.2, 0) is 23.7 Å². The van der Waals surface area contributed by atoms with E-state index in [0.29, 0.717) is 12.8 Å². The molecule has 3 fully saturated rings. The summed E-state index contributed by atoms with van der Waals surface area (Å²) in [6, 6.07) is -3.96. The van der Waals surface area contributed by atoms with Gasteiger partial charge in [0.05, 0.1) is 18.2 Å². The highest BCUT2D eigenvalue weighted by atomic mass is 16.7. The molecular formula is C23H46N6O10. The van der Waals surface area contributed by atoms with Crippen molar-refractivity contribution in [2.45, 2.75) is 118 Å². The van der Waals surface area contributed by atoms with Gasteiger partial charge >= 0.3 is 0 Å². The molecule has 0 radical (unpaired) electrons. The summed E-state index contributed by atoms with van der Waals surface area (Å²) in [7, 11) is 1.56. The number of ether oxygens (including phenoxy) is 4. The lowest BCUT2D eigenvalue weighted by molar-refractivity contribution is -0.317. The molecule has 15 N–H and O–H groups in total.